The number of hydrogen-bond acceptors (Lipinski definition) is 3. The summed E-state index contributed by atoms with van der Waals surface area (Å²) in [6, 6.07) is 12.6. The molecule has 1 fully saturated rings. The number of aryl methyl sites for hydroxylation is 1. The van der Waals surface area contributed by atoms with E-state index in [2.05, 4.69) is 53.3 Å². The number of nitrogens with zero attached hydrogens (tertiary/aromatic N) is 3. The molecule has 2 heterocycles. The smallest absolute Gasteiger partial charge is 0.317 e. The van der Waals surface area contributed by atoms with Gasteiger partial charge in [-0.25, -0.2) is 4.79 Å². The van der Waals surface area contributed by atoms with Gasteiger partial charge in [-0.3, -0.25) is 4.98 Å². The van der Waals surface area contributed by atoms with Gasteiger partial charge in [0, 0.05) is 45.1 Å². The number of aromatic nitrogens is 1. The van der Waals surface area contributed by atoms with E-state index >= 15 is 0 Å². The van der Waals surface area contributed by atoms with E-state index in [4.69, 9.17) is 0 Å². The number of hydrogen-bond donors (Lipinski definition) is 1. The zero-order valence-electron chi connectivity index (χ0n) is 17.1. The second kappa shape index (κ2) is 10.2. The Morgan fingerprint density at radius 1 is 1.29 bits per heavy atom. The molecule has 1 saturated heterocycles. The van der Waals surface area contributed by atoms with Crippen LogP contribution in [-0.4, -0.2) is 53.5 Å². The third-order valence-corrected chi connectivity index (χ3v) is 5.48. The first kappa shape index (κ1) is 20.3. The largest absolute Gasteiger partial charge is 0.337 e. The first-order valence-electron chi connectivity index (χ1n) is 10.4. The van der Waals surface area contributed by atoms with Crippen molar-refractivity contribution in [3.05, 3.63) is 65.5 Å². The molecular formula is C23H32N4O. The molecule has 2 aromatic rings. The van der Waals surface area contributed by atoms with Crippen LogP contribution in [0.1, 0.15) is 42.4 Å². The van der Waals surface area contributed by atoms with Gasteiger partial charge in [-0.05, 0) is 55.0 Å². The van der Waals surface area contributed by atoms with E-state index in [1.54, 1.807) is 6.20 Å². The molecule has 150 valence electrons. The number of carbonyl (C=O) groups is 1. The Bertz CT molecular complexity index is 749. The van der Waals surface area contributed by atoms with Crippen LogP contribution in [0.15, 0.2) is 48.8 Å². The van der Waals surface area contributed by atoms with Gasteiger partial charge in [0.15, 0.2) is 0 Å². The summed E-state index contributed by atoms with van der Waals surface area (Å²) in [6.45, 7) is 9.42. The monoisotopic (exact) mass is 380 g/mol. The predicted molar refractivity (Wildman–Crippen MR) is 113 cm³/mol. The molecule has 0 radical (unpaired) electrons. The lowest BCUT2D eigenvalue weighted by Crippen LogP contribution is -2.42. The number of nitrogens with one attached hydrogen (secondary N) is 1. The van der Waals surface area contributed by atoms with Crippen LogP contribution < -0.4 is 5.32 Å². The number of likely N-dealkylation sites (tertiary alicyclic amines) is 1. The maximum Gasteiger partial charge on any atom is 0.317 e. The molecule has 2 amide bonds. The number of pyridine rings is 1. The van der Waals surface area contributed by atoms with Gasteiger partial charge in [-0.2, -0.15) is 0 Å². The maximum atomic E-state index is 12.6. The van der Waals surface area contributed by atoms with Gasteiger partial charge in [-0.1, -0.05) is 37.3 Å². The van der Waals surface area contributed by atoms with Crippen LogP contribution in [0.25, 0.3) is 0 Å². The fourth-order valence-electron chi connectivity index (χ4n) is 4.00. The predicted octanol–water partition coefficient (Wildman–Crippen LogP) is 3.80. The average Bonchev–Trinajstić information content (AvgIpc) is 3.17. The molecule has 1 aliphatic rings. The minimum Gasteiger partial charge on any atom is -0.337 e. The average molecular weight is 381 g/mol. The van der Waals surface area contributed by atoms with Crippen LogP contribution in [0.5, 0.6) is 0 Å². The van der Waals surface area contributed by atoms with Crippen LogP contribution in [0.4, 0.5) is 4.79 Å². The summed E-state index contributed by atoms with van der Waals surface area (Å²) >= 11 is 0. The van der Waals surface area contributed by atoms with Crippen molar-refractivity contribution in [2.45, 2.75) is 39.2 Å². The fraction of sp³-hybridized carbons (Fsp3) is 0.478. The van der Waals surface area contributed by atoms with Crippen molar-refractivity contribution in [2.75, 3.05) is 32.7 Å². The van der Waals surface area contributed by atoms with Gasteiger partial charge in [-0.15, -0.1) is 0 Å². The van der Waals surface area contributed by atoms with Crippen molar-refractivity contribution in [3.8, 4) is 0 Å². The topological polar surface area (TPSA) is 48.5 Å². The quantitative estimate of drug-likeness (QED) is 0.758. The summed E-state index contributed by atoms with van der Waals surface area (Å²) in [6.07, 6.45) is 5.72. The second-order valence-electron chi connectivity index (χ2n) is 7.66. The summed E-state index contributed by atoms with van der Waals surface area (Å²) in [7, 11) is 0. The summed E-state index contributed by atoms with van der Waals surface area (Å²) < 4.78 is 0. The number of carbonyl (C=O) groups excluding carboxylic acids is 1. The zero-order chi connectivity index (χ0) is 19.8. The molecule has 0 spiro atoms. The van der Waals surface area contributed by atoms with Gasteiger partial charge >= 0.3 is 6.03 Å². The third kappa shape index (κ3) is 5.55. The van der Waals surface area contributed by atoms with Gasteiger partial charge < -0.3 is 15.1 Å². The highest BCUT2D eigenvalue weighted by Crippen LogP contribution is 2.28. The van der Waals surface area contributed by atoms with Crippen LogP contribution in [0, 0.1) is 6.92 Å². The number of benzene rings is 1. The van der Waals surface area contributed by atoms with E-state index in [1.165, 1.54) is 17.5 Å². The van der Waals surface area contributed by atoms with Crippen molar-refractivity contribution >= 4 is 6.03 Å². The first-order chi connectivity index (χ1) is 13.7. The lowest BCUT2D eigenvalue weighted by atomic mass is 9.94. The van der Waals surface area contributed by atoms with E-state index in [0.717, 1.165) is 38.2 Å². The second-order valence-corrected chi connectivity index (χ2v) is 7.66. The van der Waals surface area contributed by atoms with Gasteiger partial charge in [0.25, 0.3) is 0 Å². The Hall–Kier alpha value is -2.40. The first-order valence-corrected chi connectivity index (χ1v) is 10.4. The Morgan fingerprint density at radius 3 is 2.89 bits per heavy atom. The minimum absolute atomic E-state index is 0.0142. The molecule has 5 heteroatoms. The van der Waals surface area contributed by atoms with Crippen molar-refractivity contribution in [1.82, 2.24) is 20.1 Å². The highest BCUT2D eigenvalue weighted by molar-refractivity contribution is 5.74. The van der Waals surface area contributed by atoms with Gasteiger partial charge in [0.1, 0.15) is 0 Å². The SMILES string of the molecule is CCCN(Cc1cccnc1)C(=O)NCCN1CCC(c2ccccc2C)C1. The molecule has 0 saturated carbocycles. The van der Waals surface area contributed by atoms with Crippen molar-refractivity contribution in [3.63, 3.8) is 0 Å². The Kier molecular flexibility index (Phi) is 7.43. The van der Waals surface area contributed by atoms with Crippen LogP contribution >= 0.6 is 0 Å². The number of amides is 2. The Balaban J connectivity index is 1.44. The van der Waals surface area contributed by atoms with E-state index < -0.39 is 0 Å². The summed E-state index contributed by atoms with van der Waals surface area (Å²) in [5.74, 6) is 0.610. The van der Waals surface area contributed by atoms with Crippen LogP contribution in [-0.2, 0) is 6.54 Å². The molecule has 28 heavy (non-hydrogen) atoms. The van der Waals surface area contributed by atoms with Gasteiger partial charge in [0.2, 0.25) is 0 Å². The standard InChI is InChI=1S/C23H32N4O/c1-3-13-27(17-20-8-6-11-24-16-20)23(28)25-12-15-26-14-10-21(18-26)22-9-5-4-7-19(22)2/h4-9,11,16,21H,3,10,12-15,17-18H2,1-2H3,(H,25,28). The molecule has 1 aromatic carbocycles. The van der Waals surface area contributed by atoms with Crippen molar-refractivity contribution < 1.29 is 4.79 Å². The highest BCUT2D eigenvalue weighted by Gasteiger charge is 2.24. The fourth-order valence-corrected chi connectivity index (χ4v) is 4.00. The molecular weight excluding hydrogens is 348 g/mol. The summed E-state index contributed by atoms with van der Waals surface area (Å²) in [5, 5.41) is 3.11. The molecule has 1 atom stereocenters. The molecule has 0 bridgehead atoms. The molecule has 3 rings (SSSR count). The minimum atomic E-state index is 0.0142. The summed E-state index contributed by atoms with van der Waals surface area (Å²) in [4.78, 5) is 21.1. The lowest BCUT2D eigenvalue weighted by molar-refractivity contribution is 0.193. The van der Waals surface area contributed by atoms with E-state index in [0.29, 0.717) is 19.0 Å². The highest BCUT2D eigenvalue weighted by atomic mass is 16.2. The molecule has 1 aliphatic heterocycles. The number of rotatable bonds is 8. The molecule has 0 aliphatic carbocycles. The van der Waals surface area contributed by atoms with Crippen molar-refractivity contribution in [1.29, 1.82) is 0 Å². The third-order valence-electron chi connectivity index (χ3n) is 5.48. The zero-order valence-corrected chi connectivity index (χ0v) is 17.1. The Morgan fingerprint density at radius 2 is 2.14 bits per heavy atom. The molecule has 5 nitrogen and oxygen atoms in total. The summed E-state index contributed by atoms with van der Waals surface area (Å²) in [5.41, 5.74) is 3.92. The molecule has 1 aromatic heterocycles. The maximum absolute atomic E-state index is 12.6. The number of urea groups is 1. The van der Waals surface area contributed by atoms with E-state index in [-0.39, 0.29) is 6.03 Å². The molecule has 1 unspecified atom stereocenters. The lowest BCUT2D eigenvalue weighted by Gasteiger charge is -2.23. The van der Waals surface area contributed by atoms with Gasteiger partial charge in [0.05, 0.1) is 0 Å². The van der Waals surface area contributed by atoms with E-state index in [9.17, 15) is 4.79 Å². The van der Waals surface area contributed by atoms with Crippen molar-refractivity contribution in [2.24, 2.45) is 0 Å². The Labute approximate surface area is 168 Å². The van der Waals surface area contributed by atoms with Crippen LogP contribution in [0.2, 0.25) is 0 Å². The molecule has 1 N–H and O–H groups in total. The normalized spacial score (nSPS) is 16.9. The van der Waals surface area contributed by atoms with Crippen LogP contribution in [0.3, 0.4) is 0 Å². The van der Waals surface area contributed by atoms with E-state index in [1.807, 2.05) is 23.2 Å².